The predicted octanol–water partition coefficient (Wildman–Crippen LogP) is 6.17. The van der Waals surface area contributed by atoms with Crippen LogP contribution in [0.15, 0.2) is 39.1 Å². The minimum absolute atomic E-state index is 0.113. The number of benzene rings is 1. The van der Waals surface area contributed by atoms with Gasteiger partial charge in [0.25, 0.3) is 0 Å². The summed E-state index contributed by atoms with van der Waals surface area (Å²) in [4.78, 5) is 29.6. The fraction of sp³-hybridized carbons (Fsp3) is 0.556. The Morgan fingerprint density at radius 3 is 1.85 bits per heavy atom. The van der Waals surface area contributed by atoms with Gasteiger partial charge in [-0.3, -0.25) is 9.59 Å². The van der Waals surface area contributed by atoms with Crippen molar-refractivity contribution in [1.82, 2.24) is 4.90 Å². The number of allylic oxidation sites excluding steroid dienone is 4. The Balaban J connectivity index is 2.02. The molecule has 0 fully saturated rings. The Hall–Kier alpha value is -2.08. The molecular weight excluding hydrogens is 482 g/mol. The molecule has 2 aliphatic carbocycles. The van der Waals surface area contributed by atoms with Crippen LogP contribution in [0.4, 0.5) is 0 Å². The van der Waals surface area contributed by atoms with Crippen molar-refractivity contribution in [2.75, 3.05) is 20.8 Å². The summed E-state index contributed by atoms with van der Waals surface area (Å²) in [5.74, 6) is 1.07. The second-order valence-corrected chi connectivity index (χ2v) is 11.9. The normalized spacial score (nSPS) is 22.4. The molecule has 0 spiro atoms. The van der Waals surface area contributed by atoms with Crippen LogP contribution < -0.4 is 9.47 Å². The lowest BCUT2D eigenvalue weighted by Gasteiger charge is -2.49. The van der Waals surface area contributed by atoms with E-state index >= 15 is 0 Å². The molecule has 1 aromatic carbocycles. The quantitative estimate of drug-likeness (QED) is 0.479. The van der Waals surface area contributed by atoms with Gasteiger partial charge in [-0.1, -0.05) is 27.7 Å². The number of methoxy groups -OCH3 is 2. The largest absolute Gasteiger partial charge is 0.493 e. The van der Waals surface area contributed by atoms with E-state index in [-0.39, 0.29) is 28.3 Å². The SMILES string of the molecule is CCN1C2=C(C(=O)CC(C)(C)C2)C(c2cc(Br)c(OC)c(OC)c2)C2=C1CC(C)(C)CC2=O. The smallest absolute Gasteiger partial charge is 0.174 e. The molecule has 1 aromatic rings. The molecule has 0 bridgehead atoms. The van der Waals surface area contributed by atoms with E-state index in [4.69, 9.17) is 9.47 Å². The lowest BCUT2D eigenvalue weighted by molar-refractivity contribution is -0.119. The number of carbonyl (C=O) groups is 2. The van der Waals surface area contributed by atoms with Gasteiger partial charge in [0, 0.05) is 47.8 Å². The van der Waals surface area contributed by atoms with E-state index in [0.29, 0.717) is 24.3 Å². The fourth-order valence-corrected chi connectivity index (χ4v) is 6.49. The highest BCUT2D eigenvalue weighted by molar-refractivity contribution is 9.10. The molecule has 0 radical (unpaired) electrons. The number of hydrogen-bond donors (Lipinski definition) is 0. The molecule has 6 heteroatoms. The van der Waals surface area contributed by atoms with Gasteiger partial charge in [0.15, 0.2) is 23.1 Å². The molecule has 5 nitrogen and oxygen atoms in total. The zero-order valence-electron chi connectivity index (χ0n) is 20.7. The maximum Gasteiger partial charge on any atom is 0.174 e. The van der Waals surface area contributed by atoms with E-state index in [0.717, 1.165) is 52.0 Å². The number of rotatable bonds is 4. The van der Waals surface area contributed by atoms with Crippen LogP contribution in [0.5, 0.6) is 11.5 Å². The van der Waals surface area contributed by atoms with Gasteiger partial charge in [-0.25, -0.2) is 0 Å². The van der Waals surface area contributed by atoms with Crippen molar-refractivity contribution >= 4 is 27.5 Å². The molecule has 1 aliphatic heterocycles. The summed E-state index contributed by atoms with van der Waals surface area (Å²) >= 11 is 3.62. The lowest BCUT2D eigenvalue weighted by Crippen LogP contribution is -2.44. The van der Waals surface area contributed by atoms with Gasteiger partial charge in [-0.15, -0.1) is 0 Å². The molecule has 4 rings (SSSR count). The number of Topliss-reactive ketones (excluding diaryl/α,β-unsaturated/α-hetero) is 2. The summed E-state index contributed by atoms with van der Waals surface area (Å²) in [7, 11) is 3.20. The zero-order valence-corrected chi connectivity index (χ0v) is 22.3. The molecule has 33 heavy (non-hydrogen) atoms. The molecule has 0 saturated carbocycles. The van der Waals surface area contributed by atoms with Gasteiger partial charge in [-0.2, -0.15) is 0 Å². The molecule has 0 N–H and O–H groups in total. The van der Waals surface area contributed by atoms with Crippen LogP contribution in [0.3, 0.4) is 0 Å². The van der Waals surface area contributed by atoms with Crippen LogP contribution in [0.25, 0.3) is 0 Å². The maximum absolute atomic E-state index is 13.7. The number of hydrogen-bond acceptors (Lipinski definition) is 5. The molecule has 0 atom stereocenters. The van der Waals surface area contributed by atoms with E-state index in [1.54, 1.807) is 14.2 Å². The molecule has 178 valence electrons. The van der Waals surface area contributed by atoms with Crippen molar-refractivity contribution in [2.24, 2.45) is 10.8 Å². The van der Waals surface area contributed by atoms with Gasteiger partial charge in [0.2, 0.25) is 0 Å². The Bertz CT molecular complexity index is 1040. The Labute approximate surface area is 205 Å². The standard InChI is InChI=1S/C27H34BrNO4/c1-8-29-17-11-26(2,3)13-19(30)23(17)22(24-18(29)12-27(4,5)14-20(24)31)15-9-16(28)25(33-7)21(10-15)32-6/h9-10,22H,8,11-14H2,1-7H3. The number of nitrogens with zero attached hydrogens (tertiary/aromatic N) is 1. The van der Waals surface area contributed by atoms with Crippen LogP contribution in [0.2, 0.25) is 0 Å². The second-order valence-electron chi connectivity index (χ2n) is 11.0. The minimum Gasteiger partial charge on any atom is -0.493 e. The topological polar surface area (TPSA) is 55.8 Å². The first-order chi connectivity index (χ1) is 15.4. The van der Waals surface area contributed by atoms with Crippen LogP contribution in [0.1, 0.15) is 71.8 Å². The molecule has 1 heterocycles. The molecule has 0 amide bonds. The van der Waals surface area contributed by atoms with E-state index in [9.17, 15) is 9.59 Å². The van der Waals surface area contributed by atoms with E-state index < -0.39 is 0 Å². The molecule has 0 aromatic heterocycles. The fourth-order valence-electron chi connectivity index (χ4n) is 5.87. The average molecular weight is 516 g/mol. The van der Waals surface area contributed by atoms with Crippen LogP contribution in [0, 0.1) is 10.8 Å². The summed E-state index contributed by atoms with van der Waals surface area (Å²) in [6.07, 6.45) is 2.60. The maximum atomic E-state index is 13.7. The average Bonchev–Trinajstić information content (AvgIpc) is 2.69. The van der Waals surface area contributed by atoms with E-state index in [1.807, 2.05) is 12.1 Å². The monoisotopic (exact) mass is 515 g/mol. The van der Waals surface area contributed by atoms with Gasteiger partial charge < -0.3 is 14.4 Å². The molecule has 0 saturated heterocycles. The number of ketones is 2. The van der Waals surface area contributed by atoms with Crippen LogP contribution >= 0.6 is 15.9 Å². The van der Waals surface area contributed by atoms with Gasteiger partial charge in [0.05, 0.1) is 18.7 Å². The summed E-state index contributed by atoms with van der Waals surface area (Å²) in [5.41, 5.74) is 4.38. The Kier molecular flexibility index (Phi) is 6.05. The molecular formula is C27H34BrNO4. The second kappa shape index (κ2) is 8.30. The van der Waals surface area contributed by atoms with E-state index in [1.165, 1.54) is 0 Å². The third kappa shape index (κ3) is 4.05. The summed E-state index contributed by atoms with van der Waals surface area (Å²) in [5, 5.41) is 0. The van der Waals surface area contributed by atoms with Crippen molar-refractivity contribution in [3.05, 3.63) is 44.7 Å². The molecule has 0 unspecified atom stereocenters. The highest BCUT2D eigenvalue weighted by atomic mass is 79.9. The van der Waals surface area contributed by atoms with Crippen LogP contribution in [-0.4, -0.2) is 37.2 Å². The Morgan fingerprint density at radius 2 is 1.42 bits per heavy atom. The van der Waals surface area contributed by atoms with Gasteiger partial charge in [0.1, 0.15) is 0 Å². The first kappa shape index (κ1) is 24.1. The number of carbonyl (C=O) groups excluding carboxylic acids is 2. The first-order valence-electron chi connectivity index (χ1n) is 11.6. The highest BCUT2D eigenvalue weighted by Gasteiger charge is 2.48. The zero-order chi connectivity index (χ0) is 24.3. The summed E-state index contributed by atoms with van der Waals surface area (Å²) < 4.78 is 11.9. The van der Waals surface area contributed by atoms with Gasteiger partial charge in [-0.05, 0) is 64.2 Å². The van der Waals surface area contributed by atoms with Crippen molar-refractivity contribution < 1.29 is 19.1 Å². The van der Waals surface area contributed by atoms with Gasteiger partial charge >= 0.3 is 0 Å². The first-order valence-corrected chi connectivity index (χ1v) is 12.4. The summed E-state index contributed by atoms with van der Waals surface area (Å²) in [6, 6.07) is 3.90. The van der Waals surface area contributed by atoms with Crippen molar-refractivity contribution in [2.45, 2.75) is 66.2 Å². The summed E-state index contributed by atoms with van der Waals surface area (Å²) in [6.45, 7) is 11.5. The lowest BCUT2D eigenvalue weighted by atomic mass is 9.63. The number of halogens is 1. The van der Waals surface area contributed by atoms with Crippen LogP contribution in [-0.2, 0) is 9.59 Å². The highest BCUT2D eigenvalue weighted by Crippen LogP contribution is 2.55. The van der Waals surface area contributed by atoms with E-state index in [2.05, 4.69) is 55.4 Å². The van der Waals surface area contributed by atoms with Crippen molar-refractivity contribution in [3.8, 4) is 11.5 Å². The predicted molar refractivity (Wildman–Crippen MR) is 132 cm³/mol. The van der Waals surface area contributed by atoms with Crippen molar-refractivity contribution in [3.63, 3.8) is 0 Å². The number of ether oxygens (including phenoxy) is 2. The Morgan fingerprint density at radius 1 is 0.909 bits per heavy atom. The third-order valence-electron chi connectivity index (χ3n) is 7.13. The minimum atomic E-state index is -0.388. The van der Waals surface area contributed by atoms with Crippen molar-refractivity contribution in [1.29, 1.82) is 0 Å². The molecule has 3 aliphatic rings. The third-order valence-corrected chi connectivity index (χ3v) is 7.72.